The predicted molar refractivity (Wildman–Crippen MR) is 56.7 cm³/mol. The van der Waals surface area contributed by atoms with Gasteiger partial charge in [0.25, 0.3) is 0 Å². The second-order valence-electron chi connectivity index (χ2n) is 4.16. The van der Waals surface area contributed by atoms with Crippen LogP contribution in [0.25, 0.3) is 0 Å². The number of hydrogen-bond acceptors (Lipinski definition) is 3. The number of ether oxygens (including phenoxy) is 1. The molecular weight excluding hydrogens is 188 g/mol. The molecule has 1 aromatic heterocycles. The lowest BCUT2D eigenvalue weighted by Crippen LogP contribution is -2.04. The first-order chi connectivity index (χ1) is 7.20. The molecule has 0 unspecified atom stereocenters. The summed E-state index contributed by atoms with van der Waals surface area (Å²) in [5.41, 5.74) is 1.35. The Morgan fingerprint density at radius 1 is 1.47 bits per heavy atom. The zero-order chi connectivity index (χ0) is 10.8. The van der Waals surface area contributed by atoms with Gasteiger partial charge in [-0.2, -0.15) is 5.26 Å². The van der Waals surface area contributed by atoms with E-state index in [0.29, 0.717) is 11.8 Å². The molecule has 15 heavy (non-hydrogen) atoms. The number of nitriles is 1. The van der Waals surface area contributed by atoms with E-state index >= 15 is 0 Å². The van der Waals surface area contributed by atoms with Crippen molar-refractivity contribution in [2.24, 2.45) is 0 Å². The van der Waals surface area contributed by atoms with Crippen LogP contribution in [0, 0.1) is 11.3 Å². The normalized spacial score (nSPS) is 15.1. The molecule has 0 aromatic carbocycles. The molecule has 2 rings (SSSR count). The van der Waals surface area contributed by atoms with Crippen LogP contribution in [0.15, 0.2) is 12.1 Å². The average Bonchev–Trinajstić information content (AvgIpc) is 3.02. The van der Waals surface area contributed by atoms with Crippen LogP contribution < -0.4 is 4.74 Å². The molecule has 78 valence electrons. The molecule has 1 aliphatic carbocycles. The molecule has 0 radical (unpaired) electrons. The van der Waals surface area contributed by atoms with E-state index in [9.17, 15) is 0 Å². The molecule has 3 heteroatoms. The second kappa shape index (κ2) is 3.90. The van der Waals surface area contributed by atoms with Crippen molar-refractivity contribution < 1.29 is 4.74 Å². The van der Waals surface area contributed by atoms with Crippen LogP contribution in [0.1, 0.15) is 44.0 Å². The zero-order valence-electron chi connectivity index (χ0n) is 9.03. The average molecular weight is 202 g/mol. The lowest BCUT2D eigenvalue weighted by molar-refractivity contribution is 0.297. The van der Waals surface area contributed by atoms with E-state index in [0.717, 1.165) is 24.3 Å². The summed E-state index contributed by atoms with van der Waals surface area (Å²) in [7, 11) is 0. The Hall–Kier alpha value is -1.56. The molecule has 0 amide bonds. The minimum Gasteiger partial charge on any atom is -0.489 e. The SMILES string of the molecule is CC(C)c1nc(C#N)ccc1OC1CC1. The third-order valence-electron chi connectivity index (χ3n) is 2.37. The second-order valence-corrected chi connectivity index (χ2v) is 4.16. The number of aromatic nitrogens is 1. The van der Waals surface area contributed by atoms with Crippen LogP contribution in [0.5, 0.6) is 5.75 Å². The van der Waals surface area contributed by atoms with Crippen molar-refractivity contribution in [2.75, 3.05) is 0 Å². The largest absolute Gasteiger partial charge is 0.489 e. The minimum atomic E-state index is 0.284. The quantitative estimate of drug-likeness (QED) is 0.756. The van der Waals surface area contributed by atoms with Gasteiger partial charge in [0.2, 0.25) is 0 Å². The fourth-order valence-corrected chi connectivity index (χ4v) is 1.40. The summed E-state index contributed by atoms with van der Waals surface area (Å²) in [4.78, 5) is 4.29. The summed E-state index contributed by atoms with van der Waals surface area (Å²) in [6, 6.07) is 5.62. The highest BCUT2D eigenvalue weighted by Gasteiger charge is 2.25. The smallest absolute Gasteiger partial charge is 0.141 e. The van der Waals surface area contributed by atoms with Gasteiger partial charge in [0, 0.05) is 0 Å². The molecular formula is C12H14N2O. The van der Waals surface area contributed by atoms with Gasteiger partial charge in [-0.3, -0.25) is 0 Å². The lowest BCUT2D eigenvalue weighted by Gasteiger charge is -2.12. The van der Waals surface area contributed by atoms with Crippen molar-refractivity contribution in [1.82, 2.24) is 4.98 Å². The van der Waals surface area contributed by atoms with Gasteiger partial charge in [-0.05, 0) is 30.9 Å². The van der Waals surface area contributed by atoms with E-state index in [1.165, 1.54) is 0 Å². The molecule has 0 N–H and O–H groups in total. The van der Waals surface area contributed by atoms with Crippen LogP contribution in [-0.4, -0.2) is 11.1 Å². The summed E-state index contributed by atoms with van der Waals surface area (Å²) in [5, 5.41) is 8.78. The van der Waals surface area contributed by atoms with Gasteiger partial charge >= 0.3 is 0 Å². The van der Waals surface area contributed by atoms with Gasteiger partial charge in [-0.15, -0.1) is 0 Å². The molecule has 1 aliphatic rings. The maximum Gasteiger partial charge on any atom is 0.141 e. The first-order valence-electron chi connectivity index (χ1n) is 5.28. The van der Waals surface area contributed by atoms with Crippen LogP contribution in [0.2, 0.25) is 0 Å². The topological polar surface area (TPSA) is 45.9 Å². The first-order valence-corrected chi connectivity index (χ1v) is 5.28. The number of pyridine rings is 1. The molecule has 0 aliphatic heterocycles. The molecule has 1 saturated carbocycles. The van der Waals surface area contributed by atoms with Crippen molar-refractivity contribution >= 4 is 0 Å². The molecule has 3 nitrogen and oxygen atoms in total. The van der Waals surface area contributed by atoms with Gasteiger partial charge in [-0.1, -0.05) is 13.8 Å². The number of hydrogen-bond donors (Lipinski definition) is 0. The van der Waals surface area contributed by atoms with Gasteiger partial charge in [0.15, 0.2) is 0 Å². The maximum absolute atomic E-state index is 8.78. The Bertz CT molecular complexity index is 403. The Balaban J connectivity index is 2.30. The Morgan fingerprint density at radius 3 is 2.73 bits per heavy atom. The number of rotatable bonds is 3. The minimum absolute atomic E-state index is 0.284. The molecule has 0 atom stereocenters. The molecule has 0 spiro atoms. The highest BCUT2D eigenvalue weighted by atomic mass is 16.5. The summed E-state index contributed by atoms with van der Waals surface area (Å²) in [6.07, 6.45) is 2.65. The standard InChI is InChI=1S/C12H14N2O/c1-8(2)12-11(15-10-4-5-10)6-3-9(7-13)14-12/h3,6,8,10H,4-5H2,1-2H3. The fourth-order valence-electron chi connectivity index (χ4n) is 1.40. The summed E-state index contributed by atoms with van der Waals surface area (Å²) >= 11 is 0. The van der Waals surface area contributed by atoms with Crippen LogP contribution in [-0.2, 0) is 0 Å². The highest BCUT2D eigenvalue weighted by Crippen LogP contribution is 2.31. The molecule has 0 saturated heterocycles. The van der Waals surface area contributed by atoms with E-state index in [2.05, 4.69) is 24.9 Å². The molecule has 0 bridgehead atoms. The van der Waals surface area contributed by atoms with Crippen molar-refractivity contribution in [3.8, 4) is 11.8 Å². The number of nitrogens with zero attached hydrogens (tertiary/aromatic N) is 2. The molecule has 1 heterocycles. The summed E-state index contributed by atoms with van der Waals surface area (Å²) in [6.45, 7) is 4.12. The van der Waals surface area contributed by atoms with Crippen molar-refractivity contribution in [2.45, 2.75) is 38.7 Å². The van der Waals surface area contributed by atoms with Gasteiger partial charge in [0.05, 0.1) is 11.8 Å². The van der Waals surface area contributed by atoms with E-state index in [-0.39, 0.29) is 5.92 Å². The monoisotopic (exact) mass is 202 g/mol. The third kappa shape index (κ3) is 2.27. The van der Waals surface area contributed by atoms with Crippen LogP contribution in [0.4, 0.5) is 0 Å². The Labute approximate surface area is 89.7 Å². The Kier molecular flexibility index (Phi) is 2.59. The molecule has 1 aromatic rings. The van der Waals surface area contributed by atoms with E-state index < -0.39 is 0 Å². The van der Waals surface area contributed by atoms with Gasteiger partial charge in [0.1, 0.15) is 17.5 Å². The lowest BCUT2D eigenvalue weighted by atomic mass is 10.1. The highest BCUT2D eigenvalue weighted by molar-refractivity contribution is 5.35. The van der Waals surface area contributed by atoms with E-state index in [1.807, 2.05) is 6.07 Å². The van der Waals surface area contributed by atoms with Crippen molar-refractivity contribution in [1.29, 1.82) is 5.26 Å². The fraction of sp³-hybridized carbons (Fsp3) is 0.500. The van der Waals surface area contributed by atoms with Crippen molar-refractivity contribution in [3.05, 3.63) is 23.5 Å². The van der Waals surface area contributed by atoms with Gasteiger partial charge in [-0.25, -0.2) is 4.98 Å². The van der Waals surface area contributed by atoms with Gasteiger partial charge < -0.3 is 4.74 Å². The van der Waals surface area contributed by atoms with E-state index in [4.69, 9.17) is 10.00 Å². The first kappa shape index (κ1) is 9.97. The van der Waals surface area contributed by atoms with Crippen LogP contribution in [0.3, 0.4) is 0 Å². The maximum atomic E-state index is 8.78. The van der Waals surface area contributed by atoms with E-state index in [1.54, 1.807) is 6.07 Å². The summed E-state index contributed by atoms with van der Waals surface area (Å²) < 4.78 is 5.75. The third-order valence-corrected chi connectivity index (χ3v) is 2.37. The Morgan fingerprint density at radius 2 is 2.20 bits per heavy atom. The molecule has 1 fully saturated rings. The summed E-state index contributed by atoms with van der Waals surface area (Å²) in [5.74, 6) is 1.12. The van der Waals surface area contributed by atoms with Crippen LogP contribution >= 0.6 is 0 Å². The van der Waals surface area contributed by atoms with Crippen molar-refractivity contribution in [3.63, 3.8) is 0 Å². The zero-order valence-corrected chi connectivity index (χ0v) is 9.03. The predicted octanol–water partition coefficient (Wildman–Crippen LogP) is 2.62.